The van der Waals surface area contributed by atoms with Gasteiger partial charge < -0.3 is 4.98 Å². The van der Waals surface area contributed by atoms with Crippen LogP contribution in [-0.4, -0.2) is 14.8 Å². The Balaban J connectivity index is 0.000000614. The van der Waals surface area contributed by atoms with E-state index >= 15 is 0 Å². The number of aromatic amines is 1. The fourth-order valence-electron chi connectivity index (χ4n) is 2.97. The first-order valence-corrected chi connectivity index (χ1v) is 10.1. The largest absolute Gasteiger partial charge is 0.361 e. The number of H-pyrrole nitrogens is 1. The third-order valence-corrected chi connectivity index (χ3v) is 4.81. The highest BCUT2D eigenvalue weighted by molar-refractivity contribution is 9.10. The number of hydrogen-bond donors (Lipinski definition) is 1. The van der Waals surface area contributed by atoms with Gasteiger partial charge in [-0.05, 0) is 48.4 Å². The van der Waals surface area contributed by atoms with Gasteiger partial charge in [0.15, 0.2) is 0 Å². The second kappa shape index (κ2) is 9.38. The summed E-state index contributed by atoms with van der Waals surface area (Å²) in [6.45, 7) is 10.8. The summed E-state index contributed by atoms with van der Waals surface area (Å²) in [6.07, 6.45) is 3.98. The van der Waals surface area contributed by atoms with E-state index in [0.29, 0.717) is 12.1 Å². The van der Waals surface area contributed by atoms with Crippen molar-refractivity contribution in [3.8, 4) is 6.07 Å². The van der Waals surface area contributed by atoms with Crippen LogP contribution in [0.1, 0.15) is 44.4 Å². The fourth-order valence-corrected chi connectivity index (χ4v) is 3.65. The summed E-state index contributed by atoms with van der Waals surface area (Å²) in [4.78, 5) is 3.30. The van der Waals surface area contributed by atoms with Gasteiger partial charge in [0, 0.05) is 33.2 Å². The molecule has 4 nitrogen and oxygen atoms in total. The van der Waals surface area contributed by atoms with Crippen molar-refractivity contribution in [1.29, 1.82) is 5.26 Å². The number of aromatic nitrogens is 3. The van der Waals surface area contributed by atoms with E-state index in [4.69, 9.17) is 5.26 Å². The van der Waals surface area contributed by atoms with Crippen molar-refractivity contribution in [3.63, 3.8) is 0 Å². The molecule has 0 bridgehead atoms. The number of nitrogens with one attached hydrogen (secondary N) is 1. The van der Waals surface area contributed by atoms with E-state index in [0.717, 1.165) is 20.9 Å². The molecule has 2 aromatic carbocycles. The predicted molar refractivity (Wildman–Crippen MR) is 117 cm³/mol. The minimum Gasteiger partial charge on any atom is -0.361 e. The maximum atomic E-state index is 9.00. The molecular formula is C22H25BrN4. The van der Waals surface area contributed by atoms with Crippen LogP contribution in [-0.2, 0) is 6.54 Å². The Hall–Kier alpha value is -2.58. The normalized spacial score (nSPS) is 9.96. The Labute approximate surface area is 168 Å². The van der Waals surface area contributed by atoms with Gasteiger partial charge in [-0.2, -0.15) is 10.4 Å². The van der Waals surface area contributed by atoms with Gasteiger partial charge in [-0.25, -0.2) is 0 Å². The van der Waals surface area contributed by atoms with E-state index in [1.54, 1.807) is 0 Å². The molecule has 2 aromatic heterocycles. The quantitative estimate of drug-likeness (QED) is 0.395. The Bertz CT molecular complexity index is 1080. The molecule has 0 amide bonds. The standard InChI is InChI=1S/C18H13BrN4.2C2H6/c1-11-6-16(19)15(14-4-5-21-18(11)14)10-23-9-13-3-2-12(8-20)7-17(13)22-23;2*1-2/h2-7,9,21H,10H2,1H3;2*1-2H3. The van der Waals surface area contributed by atoms with Gasteiger partial charge in [-0.15, -0.1) is 0 Å². The Kier molecular flexibility index (Phi) is 7.20. The number of benzene rings is 2. The first kappa shape index (κ1) is 20.7. The van der Waals surface area contributed by atoms with Crippen LogP contribution >= 0.6 is 15.9 Å². The molecule has 27 heavy (non-hydrogen) atoms. The molecule has 4 rings (SSSR count). The maximum Gasteiger partial charge on any atom is 0.0992 e. The van der Waals surface area contributed by atoms with Crippen molar-refractivity contribution < 1.29 is 0 Å². The van der Waals surface area contributed by atoms with E-state index in [1.807, 2.05) is 63.0 Å². The Morgan fingerprint density at radius 2 is 1.89 bits per heavy atom. The second-order valence-corrected chi connectivity index (χ2v) is 6.49. The lowest BCUT2D eigenvalue weighted by Gasteiger charge is -2.09. The Morgan fingerprint density at radius 3 is 2.59 bits per heavy atom. The third-order valence-electron chi connectivity index (χ3n) is 4.10. The number of halogens is 1. The summed E-state index contributed by atoms with van der Waals surface area (Å²) < 4.78 is 3.01. The SMILES string of the molecule is CC.CC.Cc1cc(Br)c(Cn2cc3ccc(C#N)cc3n2)c2cc[nH]c12. The fraction of sp³-hybridized carbons (Fsp3) is 0.273. The maximum absolute atomic E-state index is 9.00. The summed E-state index contributed by atoms with van der Waals surface area (Å²) in [5, 5.41) is 15.9. The second-order valence-electron chi connectivity index (χ2n) is 5.63. The van der Waals surface area contributed by atoms with Crippen LogP contribution in [0.4, 0.5) is 0 Å². The van der Waals surface area contributed by atoms with Gasteiger partial charge in [0.05, 0.1) is 23.7 Å². The van der Waals surface area contributed by atoms with Crippen LogP contribution in [0.5, 0.6) is 0 Å². The van der Waals surface area contributed by atoms with Crippen LogP contribution in [0.3, 0.4) is 0 Å². The number of nitrogens with zero attached hydrogens (tertiary/aromatic N) is 3. The van der Waals surface area contributed by atoms with Gasteiger partial charge >= 0.3 is 0 Å². The smallest absolute Gasteiger partial charge is 0.0992 e. The molecule has 0 spiro atoms. The number of fused-ring (bicyclic) bond motifs is 2. The van der Waals surface area contributed by atoms with Crippen molar-refractivity contribution in [2.45, 2.75) is 41.2 Å². The molecule has 4 aromatic rings. The molecule has 1 N–H and O–H groups in total. The zero-order valence-electron chi connectivity index (χ0n) is 16.5. The highest BCUT2D eigenvalue weighted by Gasteiger charge is 2.11. The summed E-state index contributed by atoms with van der Waals surface area (Å²) in [5.74, 6) is 0. The summed E-state index contributed by atoms with van der Waals surface area (Å²) in [6, 6.07) is 12.0. The molecule has 2 heterocycles. The van der Waals surface area contributed by atoms with Crippen LogP contribution in [0.15, 0.2) is 47.2 Å². The first-order chi connectivity index (χ1) is 13.2. The van der Waals surface area contributed by atoms with E-state index in [9.17, 15) is 0 Å². The van der Waals surface area contributed by atoms with Crippen molar-refractivity contribution in [1.82, 2.24) is 14.8 Å². The average molecular weight is 425 g/mol. The minimum atomic E-state index is 0.632. The number of hydrogen-bond acceptors (Lipinski definition) is 2. The molecule has 0 aliphatic rings. The van der Waals surface area contributed by atoms with Crippen LogP contribution < -0.4 is 0 Å². The molecule has 0 radical (unpaired) electrons. The zero-order valence-corrected chi connectivity index (χ0v) is 18.1. The first-order valence-electron chi connectivity index (χ1n) is 9.28. The van der Waals surface area contributed by atoms with Crippen molar-refractivity contribution in [2.24, 2.45) is 0 Å². The van der Waals surface area contributed by atoms with E-state index in [1.165, 1.54) is 16.5 Å². The van der Waals surface area contributed by atoms with Gasteiger partial charge in [0.2, 0.25) is 0 Å². The van der Waals surface area contributed by atoms with Crippen LogP contribution in [0.25, 0.3) is 21.8 Å². The van der Waals surface area contributed by atoms with Crippen molar-refractivity contribution >= 4 is 37.7 Å². The van der Waals surface area contributed by atoms with Gasteiger partial charge in [-0.1, -0.05) is 43.6 Å². The number of nitriles is 1. The van der Waals surface area contributed by atoms with E-state index in [-0.39, 0.29) is 0 Å². The van der Waals surface area contributed by atoms with Gasteiger partial charge in [0.1, 0.15) is 0 Å². The molecule has 0 fully saturated rings. The Morgan fingerprint density at radius 1 is 1.15 bits per heavy atom. The highest BCUT2D eigenvalue weighted by Crippen LogP contribution is 2.30. The molecular weight excluding hydrogens is 400 g/mol. The zero-order chi connectivity index (χ0) is 20.0. The van der Waals surface area contributed by atoms with E-state index < -0.39 is 0 Å². The van der Waals surface area contributed by atoms with Gasteiger partial charge in [-0.3, -0.25) is 4.68 Å². The highest BCUT2D eigenvalue weighted by atomic mass is 79.9. The lowest BCUT2D eigenvalue weighted by molar-refractivity contribution is 0.697. The van der Waals surface area contributed by atoms with Crippen molar-refractivity contribution in [2.75, 3.05) is 0 Å². The molecule has 5 heteroatoms. The molecule has 0 unspecified atom stereocenters. The monoisotopic (exact) mass is 424 g/mol. The van der Waals surface area contributed by atoms with E-state index in [2.05, 4.69) is 51.1 Å². The van der Waals surface area contributed by atoms with Gasteiger partial charge in [0.25, 0.3) is 0 Å². The average Bonchev–Trinajstić information content (AvgIpc) is 3.34. The third kappa shape index (κ3) is 4.23. The molecule has 140 valence electrons. The number of rotatable bonds is 2. The lowest BCUT2D eigenvalue weighted by atomic mass is 10.1. The summed E-state index contributed by atoms with van der Waals surface area (Å²) in [7, 11) is 0. The molecule has 0 aliphatic heterocycles. The number of aryl methyl sites for hydroxylation is 1. The minimum absolute atomic E-state index is 0.632. The predicted octanol–water partition coefficient (Wildman–Crippen LogP) is 6.56. The van der Waals surface area contributed by atoms with Crippen LogP contribution in [0.2, 0.25) is 0 Å². The molecule has 0 saturated heterocycles. The summed E-state index contributed by atoms with van der Waals surface area (Å²) in [5.41, 5.74) is 5.04. The van der Waals surface area contributed by atoms with Crippen LogP contribution in [0, 0.1) is 18.3 Å². The molecule has 0 saturated carbocycles. The van der Waals surface area contributed by atoms with Crippen molar-refractivity contribution in [3.05, 3.63) is 63.9 Å². The molecule has 0 atom stereocenters. The summed E-state index contributed by atoms with van der Waals surface area (Å²) >= 11 is 3.68. The lowest BCUT2D eigenvalue weighted by Crippen LogP contribution is -2.02. The molecule has 0 aliphatic carbocycles. The topological polar surface area (TPSA) is 57.4 Å².